The molecule has 0 atom stereocenters. The summed E-state index contributed by atoms with van der Waals surface area (Å²) in [6.07, 6.45) is 4.41. The third-order valence-corrected chi connectivity index (χ3v) is 6.49. The number of hydrogen-bond donors (Lipinski definition) is 0. The zero-order chi connectivity index (χ0) is 16.1. The first-order valence-corrected chi connectivity index (χ1v) is 9.49. The molecule has 0 spiro atoms. The molecular formula is C17H21N5OS. The van der Waals surface area contributed by atoms with Crippen molar-refractivity contribution in [1.82, 2.24) is 15.2 Å². The highest BCUT2D eigenvalue weighted by Gasteiger charge is 2.33. The van der Waals surface area contributed by atoms with Crippen molar-refractivity contribution in [1.29, 1.82) is 0 Å². The van der Waals surface area contributed by atoms with Crippen LogP contribution in [0.25, 0.3) is 0 Å². The summed E-state index contributed by atoms with van der Waals surface area (Å²) < 4.78 is 5.53. The number of rotatable bonds is 3. The molecule has 7 heteroatoms. The van der Waals surface area contributed by atoms with Crippen LogP contribution in [0, 0.1) is 0 Å². The second-order valence-electron chi connectivity index (χ2n) is 6.87. The monoisotopic (exact) mass is 343 g/mol. The van der Waals surface area contributed by atoms with Crippen LogP contribution in [0.3, 0.4) is 0 Å². The van der Waals surface area contributed by atoms with Gasteiger partial charge in [-0.2, -0.15) is 5.10 Å². The fraction of sp³-hybridized carbons (Fsp3) is 0.588. The maximum Gasteiger partial charge on any atom is 0.185 e. The number of hydrogen-bond acceptors (Lipinski definition) is 7. The van der Waals surface area contributed by atoms with Gasteiger partial charge in [0.05, 0.1) is 35.5 Å². The Morgan fingerprint density at radius 2 is 2.12 bits per heavy atom. The Labute approximate surface area is 145 Å². The summed E-state index contributed by atoms with van der Waals surface area (Å²) in [5.74, 6) is 1.03. The Hall–Kier alpha value is -1.73. The van der Waals surface area contributed by atoms with Gasteiger partial charge in [0.15, 0.2) is 10.9 Å². The van der Waals surface area contributed by atoms with E-state index in [1.54, 1.807) is 11.3 Å². The predicted molar refractivity (Wildman–Crippen MR) is 93.9 cm³/mol. The van der Waals surface area contributed by atoms with Crippen LogP contribution in [0.15, 0.2) is 6.07 Å². The first-order chi connectivity index (χ1) is 11.8. The van der Waals surface area contributed by atoms with Crippen molar-refractivity contribution in [3.8, 4) is 0 Å². The Bertz CT molecular complexity index is 747. The van der Waals surface area contributed by atoms with E-state index < -0.39 is 0 Å². The normalized spacial score (nSPS) is 19.8. The molecule has 126 valence electrons. The largest absolute Gasteiger partial charge is 0.375 e. The summed E-state index contributed by atoms with van der Waals surface area (Å²) in [6, 6.07) is 2.74. The molecule has 0 N–H and O–H groups in total. The second-order valence-corrected chi connectivity index (χ2v) is 7.93. The molecule has 2 aliphatic heterocycles. The third kappa shape index (κ3) is 2.38. The van der Waals surface area contributed by atoms with Crippen LogP contribution < -0.4 is 9.80 Å². The lowest BCUT2D eigenvalue weighted by Crippen LogP contribution is -2.59. The molecule has 1 saturated heterocycles. The molecule has 0 aromatic carbocycles. The predicted octanol–water partition coefficient (Wildman–Crippen LogP) is 1.82. The van der Waals surface area contributed by atoms with Crippen LogP contribution in [0.5, 0.6) is 0 Å². The van der Waals surface area contributed by atoms with Crippen molar-refractivity contribution in [2.24, 2.45) is 0 Å². The molecule has 4 heterocycles. The van der Waals surface area contributed by atoms with Crippen LogP contribution in [-0.2, 0) is 30.6 Å². The number of fused-ring (bicyclic) bond motifs is 2. The molecule has 5 rings (SSSR count). The zero-order valence-corrected chi connectivity index (χ0v) is 14.7. The molecule has 0 unspecified atom stereocenters. The standard InChI is InChI=1S/C17H21N5OS/c1-21(17-18-14-5-6-23-10-15(14)24-17)12-8-22(9-12)16-7-11-3-2-4-13(11)19-20-16/h7,12H,2-6,8-10H2,1H3. The van der Waals surface area contributed by atoms with Gasteiger partial charge in [-0.25, -0.2) is 4.98 Å². The molecule has 3 aliphatic rings. The molecule has 2 aromatic heterocycles. The van der Waals surface area contributed by atoms with Crippen molar-refractivity contribution in [2.45, 2.75) is 38.3 Å². The molecule has 6 nitrogen and oxygen atoms in total. The minimum Gasteiger partial charge on any atom is -0.375 e. The van der Waals surface area contributed by atoms with Gasteiger partial charge in [-0.3, -0.25) is 0 Å². The topological polar surface area (TPSA) is 54.4 Å². The van der Waals surface area contributed by atoms with E-state index in [-0.39, 0.29) is 0 Å². The van der Waals surface area contributed by atoms with Crippen molar-refractivity contribution in [2.75, 3.05) is 36.5 Å². The SMILES string of the molecule is CN(c1nc2c(s1)COCC2)C1CN(c2cc3c(nn2)CCC3)C1. The average molecular weight is 343 g/mol. The second kappa shape index (κ2) is 5.67. The van der Waals surface area contributed by atoms with Crippen molar-refractivity contribution >= 4 is 22.3 Å². The molecular weight excluding hydrogens is 322 g/mol. The Morgan fingerprint density at radius 1 is 1.21 bits per heavy atom. The van der Waals surface area contributed by atoms with Crippen molar-refractivity contribution < 1.29 is 4.74 Å². The fourth-order valence-corrected chi connectivity index (χ4v) is 4.75. The first-order valence-electron chi connectivity index (χ1n) is 8.67. The summed E-state index contributed by atoms with van der Waals surface area (Å²) in [6.45, 7) is 3.51. The maximum absolute atomic E-state index is 5.53. The molecule has 0 radical (unpaired) electrons. The Morgan fingerprint density at radius 3 is 3.00 bits per heavy atom. The van der Waals surface area contributed by atoms with Crippen LogP contribution in [0.4, 0.5) is 10.9 Å². The number of likely N-dealkylation sites (N-methyl/N-ethyl adjacent to an activating group) is 1. The van der Waals surface area contributed by atoms with E-state index in [1.165, 1.54) is 28.2 Å². The van der Waals surface area contributed by atoms with E-state index in [1.807, 2.05) is 0 Å². The van der Waals surface area contributed by atoms with Gasteiger partial charge in [0, 0.05) is 26.6 Å². The number of ether oxygens (including phenoxy) is 1. The molecule has 0 amide bonds. The van der Waals surface area contributed by atoms with E-state index in [9.17, 15) is 0 Å². The van der Waals surface area contributed by atoms with Gasteiger partial charge in [0.25, 0.3) is 0 Å². The summed E-state index contributed by atoms with van der Waals surface area (Å²) in [7, 11) is 2.15. The molecule has 2 aromatic rings. The number of aryl methyl sites for hydroxylation is 2. The van der Waals surface area contributed by atoms with Gasteiger partial charge in [0.1, 0.15) is 0 Å². The Balaban J connectivity index is 1.26. The Kier molecular flexibility index (Phi) is 3.45. The smallest absolute Gasteiger partial charge is 0.185 e. The quantitative estimate of drug-likeness (QED) is 0.847. The van der Waals surface area contributed by atoms with Crippen molar-refractivity contribution in [3.63, 3.8) is 0 Å². The number of thiazole rings is 1. The molecule has 0 saturated carbocycles. The highest BCUT2D eigenvalue weighted by molar-refractivity contribution is 7.15. The summed E-state index contributed by atoms with van der Waals surface area (Å²) in [5.41, 5.74) is 3.82. The summed E-state index contributed by atoms with van der Waals surface area (Å²) >= 11 is 1.78. The molecule has 1 fully saturated rings. The average Bonchev–Trinajstić information content (AvgIpc) is 3.19. The molecule has 1 aliphatic carbocycles. The van der Waals surface area contributed by atoms with Crippen LogP contribution in [0.1, 0.15) is 28.2 Å². The highest BCUT2D eigenvalue weighted by atomic mass is 32.1. The maximum atomic E-state index is 5.53. The first kappa shape index (κ1) is 14.6. The number of aromatic nitrogens is 3. The highest BCUT2D eigenvalue weighted by Crippen LogP contribution is 2.33. The van der Waals surface area contributed by atoms with Gasteiger partial charge in [0.2, 0.25) is 0 Å². The van der Waals surface area contributed by atoms with Crippen LogP contribution >= 0.6 is 11.3 Å². The fourth-order valence-electron chi connectivity index (χ4n) is 3.68. The molecule has 0 bridgehead atoms. The molecule has 24 heavy (non-hydrogen) atoms. The zero-order valence-electron chi connectivity index (χ0n) is 13.9. The van der Waals surface area contributed by atoms with E-state index in [4.69, 9.17) is 9.72 Å². The van der Waals surface area contributed by atoms with Gasteiger partial charge in [-0.05, 0) is 30.9 Å². The summed E-state index contributed by atoms with van der Waals surface area (Å²) in [4.78, 5) is 10.8. The van der Waals surface area contributed by atoms with E-state index in [0.29, 0.717) is 6.04 Å². The minimum absolute atomic E-state index is 0.494. The van der Waals surface area contributed by atoms with E-state index in [2.05, 4.69) is 33.1 Å². The van der Waals surface area contributed by atoms with Gasteiger partial charge in [-0.15, -0.1) is 5.10 Å². The lowest BCUT2D eigenvalue weighted by atomic mass is 10.1. The van der Waals surface area contributed by atoms with Crippen LogP contribution in [0.2, 0.25) is 0 Å². The van der Waals surface area contributed by atoms with E-state index >= 15 is 0 Å². The number of nitrogens with zero attached hydrogens (tertiary/aromatic N) is 5. The van der Waals surface area contributed by atoms with Gasteiger partial charge >= 0.3 is 0 Å². The van der Waals surface area contributed by atoms with Gasteiger partial charge < -0.3 is 14.5 Å². The lowest BCUT2D eigenvalue weighted by Gasteiger charge is -2.44. The van der Waals surface area contributed by atoms with Gasteiger partial charge in [-0.1, -0.05) is 11.3 Å². The lowest BCUT2D eigenvalue weighted by molar-refractivity contribution is 0.112. The summed E-state index contributed by atoms with van der Waals surface area (Å²) in [5, 5.41) is 9.95. The minimum atomic E-state index is 0.494. The van der Waals surface area contributed by atoms with Crippen LogP contribution in [-0.4, -0.2) is 48.0 Å². The van der Waals surface area contributed by atoms with Crippen molar-refractivity contribution in [3.05, 3.63) is 27.9 Å². The van der Waals surface area contributed by atoms with E-state index in [0.717, 1.165) is 56.5 Å². The third-order valence-electron chi connectivity index (χ3n) is 5.33. The number of anilines is 2.